The second-order valence-electron chi connectivity index (χ2n) is 4.23. The van der Waals surface area contributed by atoms with Crippen LogP contribution < -0.4 is 0 Å². The van der Waals surface area contributed by atoms with Crippen molar-refractivity contribution < 1.29 is 14.3 Å². The smallest absolute Gasteiger partial charge is 0.241 e. The second kappa shape index (κ2) is 5.26. The normalized spacial score (nSPS) is 22.3. The molecule has 1 aliphatic rings. The third kappa shape index (κ3) is 4.08. The van der Waals surface area contributed by atoms with Crippen LogP contribution in [0.1, 0.15) is 40.0 Å². The highest BCUT2D eigenvalue weighted by Gasteiger charge is 2.31. The summed E-state index contributed by atoms with van der Waals surface area (Å²) in [7, 11) is -0.852. The Balaban J connectivity index is 2.43. The first-order valence-electron chi connectivity index (χ1n) is 5.41. The number of ether oxygens (including phenoxy) is 1. The van der Waals surface area contributed by atoms with Crippen molar-refractivity contribution >= 4 is 9.04 Å². The van der Waals surface area contributed by atoms with Crippen molar-refractivity contribution in [1.82, 2.24) is 0 Å². The molecule has 1 rings (SSSR count). The van der Waals surface area contributed by atoms with Gasteiger partial charge in [-0.2, -0.15) is 0 Å². The minimum Gasteiger partial charge on any atom is -0.414 e. The fraction of sp³-hybridized carbons (Fsp3) is 1.00. The van der Waals surface area contributed by atoms with Crippen molar-refractivity contribution in [2.24, 2.45) is 0 Å². The topological polar surface area (TPSA) is 38.7 Å². The number of hydrogen-bond donors (Lipinski definition) is 1. The van der Waals surface area contributed by atoms with E-state index in [2.05, 4.69) is 6.92 Å². The first-order chi connectivity index (χ1) is 6.53. The lowest BCUT2D eigenvalue weighted by atomic mass is 10.4. The molecule has 0 bridgehead atoms. The molecule has 0 amide bonds. The van der Waals surface area contributed by atoms with Gasteiger partial charge in [-0.15, -0.1) is 0 Å². The predicted molar refractivity (Wildman–Crippen MR) is 57.2 cm³/mol. The van der Waals surface area contributed by atoms with Crippen LogP contribution in [0, 0.1) is 0 Å². The maximum atomic E-state index is 9.59. The molecule has 4 heteroatoms. The Kier molecular flexibility index (Phi) is 4.57. The molecule has 1 N–H and O–H groups in total. The van der Waals surface area contributed by atoms with Gasteiger partial charge in [0.15, 0.2) is 5.79 Å². The molecule has 1 radical (unpaired) electrons. The molecule has 1 heterocycles. The van der Waals surface area contributed by atoms with Gasteiger partial charge >= 0.3 is 0 Å². The van der Waals surface area contributed by atoms with Crippen molar-refractivity contribution in [2.45, 2.75) is 57.6 Å². The van der Waals surface area contributed by atoms with Gasteiger partial charge < -0.3 is 14.3 Å². The molecule has 0 aromatic heterocycles. The zero-order valence-corrected chi connectivity index (χ0v) is 10.4. The summed E-state index contributed by atoms with van der Waals surface area (Å²) in [6.45, 7) is 6.33. The molecule has 1 saturated heterocycles. The van der Waals surface area contributed by atoms with Gasteiger partial charge in [-0.3, -0.25) is 0 Å². The Hall–Kier alpha value is 0.0969. The molecule has 0 spiro atoms. The van der Waals surface area contributed by atoms with Crippen LogP contribution in [0.25, 0.3) is 0 Å². The molecule has 0 aromatic rings. The maximum absolute atomic E-state index is 9.59. The monoisotopic (exact) mass is 217 g/mol. The summed E-state index contributed by atoms with van der Waals surface area (Å²) in [4.78, 5) is 0. The second-order valence-corrected chi connectivity index (χ2v) is 6.60. The molecule has 1 unspecified atom stereocenters. The molecule has 0 saturated carbocycles. The summed E-state index contributed by atoms with van der Waals surface area (Å²) in [6, 6.07) is 1.15. The zero-order valence-electron chi connectivity index (χ0n) is 9.38. The van der Waals surface area contributed by atoms with E-state index < -0.39 is 14.8 Å². The van der Waals surface area contributed by atoms with E-state index in [4.69, 9.17) is 9.16 Å². The highest BCUT2D eigenvalue weighted by Crippen LogP contribution is 2.20. The average Bonchev–Trinajstić information content (AvgIpc) is 2.14. The zero-order chi connectivity index (χ0) is 10.6. The van der Waals surface area contributed by atoms with E-state index in [0.29, 0.717) is 0 Å². The summed E-state index contributed by atoms with van der Waals surface area (Å²) in [5.74, 6) is -1.03. The lowest BCUT2D eigenvalue weighted by molar-refractivity contribution is -0.191. The summed E-state index contributed by atoms with van der Waals surface area (Å²) in [6.07, 6.45) is 3.35. The molecule has 83 valence electrons. The molecule has 0 aliphatic carbocycles. The summed E-state index contributed by atoms with van der Waals surface area (Å²) in [5.41, 5.74) is 0.125. The predicted octanol–water partition coefficient (Wildman–Crippen LogP) is 1.85. The van der Waals surface area contributed by atoms with Crippen LogP contribution >= 0.6 is 0 Å². The lowest BCUT2D eigenvalue weighted by Crippen LogP contribution is -2.43. The molecule has 3 nitrogen and oxygen atoms in total. The van der Waals surface area contributed by atoms with Crippen LogP contribution in [0.2, 0.25) is 6.04 Å². The Labute approximate surface area is 88.1 Å². The Morgan fingerprint density at radius 1 is 1.50 bits per heavy atom. The van der Waals surface area contributed by atoms with Gasteiger partial charge in [-0.05, 0) is 32.7 Å². The minimum absolute atomic E-state index is 0.125. The van der Waals surface area contributed by atoms with Crippen molar-refractivity contribution in [3.05, 3.63) is 0 Å². The highest BCUT2D eigenvalue weighted by atomic mass is 28.3. The van der Waals surface area contributed by atoms with Crippen LogP contribution in [-0.4, -0.2) is 32.3 Å². The largest absolute Gasteiger partial charge is 0.414 e. The van der Waals surface area contributed by atoms with Gasteiger partial charge in [-0.1, -0.05) is 13.3 Å². The van der Waals surface area contributed by atoms with Gasteiger partial charge in [-0.25, -0.2) is 0 Å². The lowest BCUT2D eigenvalue weighted by Gasteiger charge is -2.32. The minimum atomic E-state index is -1.03. The SMILES string of the molecule is CCC(OC(C)(C)O)[Si]1CCCCO1. The van der Waals surface area contributed by atoms with Crippen LogP contribution in [0.4, 0.5) is 0 Å². The average molecular weight is 217 g/mol. The van der Waals surface area contributed by atoms with E-state index in [1.165, 1.54) is 12.8 Å². The van der Waals surface area contributed by atoms with Gasteiger partial charge in [0, 0.05) is 6.61 Å². The maximum Gasteiger partial charge on any atom is 0.241 e. The third-order valence-corrected chi connectivity index (χ3v) is 4.93. The molecule has 1 fully saturated rings. The summed E-state index contributed by atoms with van der Waals surface area (Å²) >= 11 is 0. The first-order valence-corrected chi connectivity index (χ1v) is 7.11. The van der Waals surface area contributed by atoms with Crippen molar-refractivity contribution in [3.63, 3.8) is 0 Å². The van der Waals surface area contributed by atoms with E-state index in [-0.39, 0.29) is 5.73 Å². The van der Waals surface area contributed by atoms with Gasteiger partial charge in [0.05, 0.1) is 5.73 Å². The van der Waals surface area contributed by atoms with E-state index in [1.807, 2.05) is 0 Å². The van der Waals surface area contributed by atoms with E-state index >= 15 is 0 Å². The van der Waals surface area contributed by atoms with Crippen LogP contribution in [0.15, 0.2) is 0 Å². The van der Waals surface area contributed by atoms with Crippen LogP contribution in [0.3, 0.4) is 0 Å². The highest BCUT2D eigenvalue weighted by molar-refractivity contribution is 6.53. The quantitative estimate of drug-likeness (QED) is 0.577. The number of aliphatic hydroxyl groups is 1. The number of hydrogen-bond acceptors (Lipinski definition) is 3. The van der Waals surface area contributed by atoms with E-state index in [0.717, 1.165) is 19.1 Å². The van der Waals surface area contributed by atoms with Crippen molar-refractivity contribution in [1.29, 1.82) is 0 Å². The molecular formula is C10H21O3Si. The molecular weight excluding hydrogens is 196 g/mol. The van der Waals surface area contributed by atoms with Crippen LogP contribution in [-0.2, 0) is 9.16 Å². The standard InChI is InChI=1S/C10H21O3Si/c1-4-9(13-10(2,3)11)14-8-6-5-7-12-14/h9,11H,4-8H2,1-3H3. The molecule has 14 heavy (non-hydrogen) atoms. The first kappa shape index (κ1) is 12.2. The van der Waals surface area contributed by atoms with Crippen molar-refractivity contribution in [3.8, 4) is 0 Å². The third-order valence-electron chi connectivity index (χ3n) is 2.27. The molecule has 1 atom stereocenters. The van der Waals surface area contributed by atoms with Gasteiger partial charge in [0.1, 0.15) is 0 Å². The van der Waals surface area contributed by atoms with Gasteiger partial charge in [0.25, 0.3) is 0 Å². The fourth-order valence-corrected chi connectivity index (χ4v) is 4.19. The Morgan fingerprint density at radius 2 is 2.21 bits per heavy atom. The van der Waals surface area contributed by atoms with E-state index in [1.54, 1.807) is 13.8 Å². The Bertz CT molecular complexity index is 161. The van der Waals surface area contributed by atoms with Crippen molar-refractivity contribution in [2.75, 3.05) is 6.61 Å². The van der Waals surface area contributed by atoms with E-state index in [9.17, 15) is 5.11 Å². The van der Waals surface area contributed by atoms with Crippen LogP contribution in [0.5, 0.6) is 0 Å². The summed E-state index contributed by atoms with van der Waals surface area (Å²) < 4.78 is 11.3. The molecule has 1 aliphatic heterocycles. The number of rotatable bonds is 4. The molecule has 0 aromatic carbocycles. The fourth-order valence-electron chi connectivity index (χ4n) is 1.66. The van der Waals surface area contributed by atoms with Gasteiger partial charge in [0.2, 0.25) is 9.04 Å². The summed E-state index contributed by atoms with van der Waals surface area (Å²) in [5, 5.41) is 9.59. The Morgan fingerprint density at radius 3 is 2.64 bits per heavy atom.